The second-order valence-corrected chi connectivity index (χ2v) is 7.99. The molecule has 29 heavy (non-hydrogen) atoms. The van der Waals surface area contributed by atoms with Crippen LogP contribution in [0.3, 0.4) is 0 Å². The number of aromatic nitrogens is 2. The van der Waals surface area contributed by atoms with Crippen molar-refractivity contribution < 1.29 is 4.79 Å². The first-order chi connectivity index (χ1) is 13.8. The fourth-order valence-electron chi connectivity index (χ4n) is 3.13. The number of hydrogen-bond donors (Lipinski definition) is 1. The van der Waals surface area contributed by atoms with Crippen molar-refractivity contribution >= 4 is 34.8 Å². The van der Waals surface area contributed by atoms with Gasteiger partial charge >= 0.3 is 0 Å². The van der Waals surface area contributed by atoms with Crippen molar-refractivity contribution in [2.75, 3.05) is 19.0 Å². The summed E-state index contributed by atoms with van der Waals surface area (Å²) >= 11 is 12.1. The number of nitrogens with zero attached hydrogens (tertiary/aromatic N) is 3. The topological polar surface area (TPSA) is 50.2 Å². The van der Waals surface area contributed by atoms with E-state index < -0.39 is 0 Å². The van der Waals surface area contributed by atoms with E-state index in [4.69, 9.17) is 23.2 Å². The predicted molar refractivity (Wildman–Crippen MR) is 119 cm³/mol. The van der Waals surface area contributed by atoms with Gasteiger partial charge in [-0.05, 0) is 49.7 Å². The zero-order chi connectivity index (χ0) is 21.1. The molecule has 0 aliphatic rings. The molecule has 0 fully saturated rings. The largest absolute Gasteiger partial charge is 0.378 e. The molecule has 152 valence electrons. The molecule has 0 spiro atoms. The van der Waals surface area contributed by atoms with Crippen LogP contribution >= 0.6 is 23.2 Å². The Morgan fingerprint density at radius 3 is 2.38 bits per heavy atom. The van der Waals surface area contributed by atoms with Gasteiger partial charge in [-0.15, -0.1) is 0 Å². The van der Waals surface area contributed by atoms with Crippen LogP contribution in [0.2, 0.25) is 10.0 Å². The highest BCUT2D eigenvalue weighted by Gasteiger charge is 2.16. The van der Waals surface area contributed by atoms with Gasteiger partial charge in [0.25, 0.3) is 0 Å². The van der Waals surface area contributed by atoms with E-state index in [1.54, 1.807) is 16.8 Å². The van der Waals surface area contributed by atoms with E-state index in [2.05, 4.69) is 10.4 Å². The number of halogens is 2. The maximum absolute atomic E-state index is 12.5. The molecule has 1 aromatic heterocycles. The Kier molecular flexibility index (Phi) is 6.50. The minimum Gasteiger partial charge on any atom is -0.378 e. The molecule has 0 saturated heterocycles. The number of carbonyl (C=O) groups is 1. The van der Waals surface area contributed by atoms with Crippen LogP contribution in [0.4, 0.5) is 5.69 Å². The highest BCUT2D eigenvalue weighted by atomic mass is 35.5. The average molecular weight is 431 g/mol. The summed E-state index contributed by atoms with van der Waals surface area (Å²) in [4.78, 5) is 14.6. The lowest BCUT2D eigenvalue weighted by molar-refractivity contribution is -0.120. The molecule has 1 heterocycles. The Morgan fingerprint density at radius 2 is 1.76 bits per heavy atom. The summed E-state index contributed by atoms with van der Waals surface area (Å²) in [5.74, 6) is -0.0402. The Bertz CT molecular complexity index is 1030. The molecule has 3 rings (SSSR count). The number of benzene rings is 2. The molecule has 0 aliphatic carbocycles. The fourth-order valence-corrected chi connectivity index (χ4v) is 3.43. The van der Waals surface area contributed by atoms with Gasteiger partial charge in [-0.25, -0.2) is 4.68 Å². The smallest absolute Gasteiger partial charge is 0.224 e. The van der Waals surface area contributed by atoms with E-state index in [0.29, 0.717) is 16.6 Å². The molecule has 2 aromatic carbocycles. The van der Waals surface area contributed by atoms with Crippen molar-refractivity contribution in [1.82, 2.24) is 15.1 Å². The number of nitrogens with one attached hydrogen (secondary N) is 1. The van der Waals surface area contributed by atoms with Gasteiger partial charge < -0.3 is 10.2 Å². The standard InChI is InChI=1S/C22H24Cl2N4O/c1-14-19(15(2)28(26-14)18-9-10-20(23)21(24)11-18)12-22(29)25-13-16-5-7-17(8-6-16)27(3)4/h5-11H,12-13H2,1-4H3,(H,25,29). The number of carbonyl (C=O) groups excluding carboxylic acids is 1. The van der Waals surface area contributed by atoms with Gasteiger partial charge in [0.15, 0.2) is 0 Å². The molecular weight excluding hydrogens is 407 g/mol. The molecule has 3 aromatic rings. The normalized spacial score (nSPS) is 10.8. The summed E-state index contributed by atoms with van der Waals surface area (Å²) in [5.41, 5.74) is 5.64. The summed E-state index contributed by atoms with van der Waals surface area (Å²) < 4.78 is 1.79. The predicted octanol–water partition coefficient (Wildman–Crippen LogP) is 4.72. The maximum atomic E-state index is 12.5. The van der Waals surface area contributed by atoms with Crippen molar-refractivity contribution in [2.45, 2.75) is 26.8 Å². The highest BCUT2D eigenvalue weighted by molar-refractivity contribution is 6.42. The maximum Gasteiger partial charge on any atom is 0.224 e. The van der Waals surface area contributed by atoms with Gasteiger partial charge in [-0.1, -0.05) is 35.3 Å². The minimum atomic E-state index is -0.0402. The van der Waals surface area contributed by atoms with Crippen molar-refractivity contribution in [1.29, 1.82) is 0 Å². The average Bonchev–Trinajstić information content (AvgIpc) is 2.97. The van der Waals surface area contributed by atoms with Crippen LogP contribution in [0, 0.1) is 13.8 Å². The molecule has 0 saturated carbocycles. The van der Waals surface area contributed by atoms with E-state index in [1.165, 1.54) is 0 Å². The quantitative estimate of drug-likeness (QED) is 0.615. The number of amides is 1. The Balaban J connectivity index is 1.69. The van der Waals surface area contributed by atoms with Crippen LogP contribution in [0.1, 0.15) is 22.5 Å². The van der Waals surface area contributed by atoms with Gasteiger partial charge in [-0.3, -0.25) is 4.79 Å². The van der Waals surface area contributed by atoms with Crippen molar-refractivity contribution in [3.63, 3.8) is 0 Å². The van der Waals surface area contributed by atoms with Crippen molar-refractivity contribution in [3.05, 3.63) is 75.0 Å². The van der Waals surface area contributed by atoms with Gasteiger partial charge in [-0.2, -0.15) is 5.10 Å². The Labute approximate surface area is 181 Å². The van der Waals surface area contributed by atoms with Gasteiger partial charge in [0.05, 0.1) is 27.8 Å². The molecule has 1 amide bonds. The first-order valence-corrected chi connectivity index (χ1v) is 10.1. The van der Waals surface area contributed by atoms with E-state index in [-0.39, 0.29) is 12.3 Å². The minimum absolute atomic E-state index is 0.0402. The lowest BCUT2D eigenvalue weighted by Gasteiger charge is -2.13. The van der Waals surface area contributed by atoms with Crippen LogP contribution in [-0.4, -0.2) is 29.8 Å². The van der Waals surface area contributed by atoms with Crippen LogP contribution in [0.5, 0.6) is 0 Å². The number of hydrogen-bond acceptors (Lipinski definition) is 3. The van der Waals surface area contributed by atoms with Crippen LogP contribution in [0.15, 0.2) is 42.5 Å². The SMILES string of the molecule is Cc1nn(-c2ccc(Cl)c(Cl)c2)c(C)c1CC(=O)NCc1ccc(N(C)C)cc1. The molecule has 1 N–H and O–H groups in total. The third-order valence-corrected chi connectivity index (χ3v) is 5.61. The Hall–Kier alpha value is -2.50. The first-order valence-electron chi connectivity index (χ1n) is 9.29. The van der Waals surface area contributed by atoms with Crippen molar-refractivity contribution in [3.8, 4) is 5.69 Å². The van der Waals surface area contributed by atoms with Gasteiger partial charge in [0, 0.05) is 37.6 Å². The van der Waals surface area contributed by atoms with E-state index in [9.17, 15) is 4.79 Å². The van der Waals surface area contributed by atoms with E-state index >= 15 is 0 Å². The van der Waals surface area contributed by atoms with E-state index in [1.807, 2.05) is 63.2 Å². The Morgan fingerprint density at radius 1 is 1.07 bits per heavy atom. The zero-order valence-electron chi connectivity index (χ0n) is 17.0. The number of anilines is 1. The summed E-state index contributed by atoms with van der Waals surface area (Å²) in [6.07, 6.45) is 0.273. The fraction of sp³-hybridized carbons (Fsp3) is 0.273. The summed E-state index contributed by atoms with van der Waals surface area (Å²) in [5, 5.41) is 8.53. The molecule has 0 unspecified atom stereocenters. The zero-order valence-corrected chi connectivity index (χ0v) is 18.5. The third-order valence-electron chi connectivity index (χ3n) is 4.87. The molecule has 0 bridgehead atoms. The lowest BCUT2D eigenvalue weighted by atomic mass is 10.1. The van der Waals surface area contributed by atoms with Crippen LogP contribution in [0.25, 0.3) is 5.69 Å². The van der Waals surface area contributed by atoms with Gasteiger partial charge in [0.2, 0.25) is 5.91 Å². The summed E-state index contributed by atoms with van der Waals surface area (Å²) in [7, 11) is 4.00. The molecular formula is C22H24Cl2N4O. The van der Waals surface area contributed by atoms with E-state index in [0.717, 1.165) is 33.9 Å². The lowest BCUT2D eigenvalue weighted by Crippen LogP contribution is -2.25. The van der Waals surface area contributed by atoms with Crippen LogP contribution in [-0.2, 0) is 17.8 Å². The summed E-state index contributed by atoms with van der Waals surface area (Å²) in [6, 6.07) is 13.5. The first kappa shape index (κ1) is 21.2. The highest BCUT2D eigenvalue weighted by Crippen LogP contribution is 2.26. The second kappa shape index (κ2) is 8.89. The summed E-state index contributed by atoms with van der Waals surface area (Å²) in [6.45, 7) is 4.35. The van der Waals surface area contributed by atoms with Crippen molar-refractivity contribution in [2.24, 2.45) is 0 Å². The molecule has 7 heteroatoms. The third kappa shape index (κ3) is 4.92. The number of aryl methyl sites for hydroxylation is 1. The van der Waals surface area contributed by atoms with Crippen LogP contribution < -0.4 is 10.2 Å². The monoisotopic (exact) mass is 430 g/mol. The second-order valence-electron chi connectivity index (χ2n) is 7.17. The molecule has 0 aliphatic heterocycles. The molecule has 0 radical (unpaired) electrons. The molecule has 0 atom stereocenters. The molecule has 5 nitrogen and oxygen atoms in total. The van der Waals surface area contributed by atoms with Gasteiger partial charge in [0.1, 0.15) is 0 Å². The number of rotatable bonds is 6.